The van der Waals surface area contributed by atoms with Gasteiger partial charge in [0.2, 0.25) is 0 Å². The largest absolute Gasteiger partial charge is 0.310 e. The van der Waals surface area contributed by atoms with Crippen molar-refractivity contribution >= 4 is 38.9 Å². The summed E-state index contributed by atoms with van der Waals surface area (Å²) in [5.41, 5.74) is 28.3. The lowest BCUT2D eigenvalue weighted by Crippen LogP contribution is -2.26. The van der Waals surface area contributed by atoms with E-state index in [1.54, 1.807) is 0 Å². The third-order valence-electron chi connectivity index (χ3n) is 18.4. The molecule has 0 bridgehead atoms. The van der Waals surface area contributed by atoms with Crippen LogP contribution in [-0.2, 0) is 5.41 Å². The number of aromatic nitrogens is 1. The minimum atomic E-state index is -0.497. The minimum Gasteiger partial charge on any atom is -0.310 e. The molecule has 15 rings (SSSR count). The van der Waals surface area contributed by atoms with Crippen molar-refractivity contribution < 1.29 is 0 Å². The van der Waals surface area contributed by atoms with E-state index in [1.165, 1.54) is 111 Å². The van der Waals surface area contributed by atoms with E-state index < -0.39 is 5.41 Å². The Morgan fingerprint density at radius 3 is 1.35 bits per heavy atom. The topological polar surface area (TPSA) is 8.17 Å². The van der Waals surface area contributed by atoms with Crippen LogP contribution in [0, 0.1) is 10.8 Å². The minimum absolute atomic E-state index is 0.152. The van der Waals surface area contributed by atoms with Crippen LogP contribution in [-0.4, -0.2) is 4.57 Å². The first kappa shape index (κ1) is 52.1. The second kappa shape index (κ2) is 20.2. The number of hydrogen-bond donors (Lipinski definition) is 0. The molecule has 0 saturated heterocycles. The van der Waals surface area contributed by atoms with E-state index in [1.807, 2.05) is 0 Å². The summed E-state index contributed by atoms with van der Waals surface area (Å²) >= 11 is 0. The van der Waals surface area contributed by atoms with Gasteiger partial charge in [-0.25, -0.2) is 0 Å². The molecule has 0 saturated carbocycles. The van der Waals surface area contributed by atoms with Gasteiger partial charge in [-0.3, -0.25) is 0 Å². The molecule has 1 heterocycles. The van der Waals surface area contributed by atoms with E-state index in [4.69, 9.17) is 0 Å². The van der Waals surface area contributed by atoms with Gasteiger partial charge < -0.3 is 9.47 Å². The number of nitrogens with zero attached hydrogens (tertiary/aromatic N) is 2. The lowest BCUT2D eigenvalue weighted by Gasteiger charge is -2.36. The second-order valence-electron chi connectivity index (χ2n) is 25.9. The van der Waals surface area contributed by atoms with E-state index in [0.29, 0.717) is 5.92 Å². The fourth-order valence-corrected chi connectivity index (χ4v) is 14.5. The predicted molar refractivity (Wildman–Crippen MR) is 360 cm³/mol. The summed E-state index contributed by atoms with van der Waals surface area (Å²) in [7, 11) is 0. The molecule has 0 aliphatic heterocycles. The lowest BCUT2D eigenvalue weighted by molar-refractivity contribution is 0.229. The van der Waals surface area contributed by atoms with Crippen LogP contribution >= 0.6 is 0 Å². The highest BCUT2D eigenvalue weighted by Gasteiger charge is 2.52. The van der Waals surface area contributed by atoms with E-state index in [2.05, 4.69) is 336 Å². The maximum atomic E-state index is 2.52. The van der Waals surface area contributed by atoms with E-state index in [-0.39, 0.29) is 10.8 Å². The normalized spacial score (nSPS) is 14.5. The first-order valence-electron chi connectivity index (χ1n) is 30.2. The van der Waals surface area contributed by atoms with Crippen LogP contribution in [0.25, 0.3) is 94.3 Å². The van der Waals surface area contributed by atoms with Crippen LogP contribution < -0.4 is 4.90 Å². The van der Waals surface area contributed by atoms with Gasteiger partial charge in [0.05, 0.1) is 16.4 Å². The number of rotatable bonds is 10. The molecule has 13 aromatic rings. The van der Waals surface area contributed by atoms with Crippen molar-refractivity contribution in [2.24, 2.45) is 10.8 Å². The van der Waals surface area contributed by atoms with Gasteiger partial charge in [-0.1, -0.05) is 248 Å². The van der Waals surface area contributed by atoms with Crippen LogP contribution in [0.15, 0.2) is 285 Å². The van der Waals surface area contributed by atoms with E-state index >= 15 is 0 Å². The smallest absolute Gasteiger partial charge is 0.0725 e. The van der Waals surface area contributed by atoms with Crippen molar-refractivity contribution in [2.75, 3.05) is 4.90 Å². The fraction of sp³-hybridized carbons (Fsp3) is 0.133. The Bertz CT molecular complexity index is 4670. The van der Waals surface area contributed by atoms with Gasteiger partial charge in [-0.2, -0.15) is 0 Å². The van der Waals surface area contributed by atoms with Crippen LogP contribution in [0.1, 0.15) is 81.7 Å². The van der Waals surface area contributed by atoms with Gasteiger partial charge in [0, 0.05) is 33.5 Å². The zero-order valence-corrected chi connectivity index (χ0v) is 49.3. The Hall–Kier alpha value is -9.76. The Kier molecular flexibility index (Phi) is 12.4. The predicted octanol–water partition coefficient (Wildman–Crippen LogP) is 22.8. The average Bonchev–Trinajstić information content (AvgIpc) is 1.53. The van der Waals surface area contributed by atoms with E-state index in [9.17, 15) is 0 Å². The highest BCUT2D eigenvalue weighted by molar-refractivity contribution is 6.10. The van der Waals surface area contributed by atoms with Gasteiger partial charge in [-0.15, -0.1) is 0 Å². The maximum Gasteiger partial charge on any atom is 0.0725 e. The second-order valence-corrected chi connectivity index (χ2v) is 25.9. The van der Waals surface area contributed by atoms with Gasteiger partial charge in [0.1, 0.15) is 0 Å². The van der Waals surface area contributed by atoms with Crippen LogP contribution in [0.5, 0.6) is 0 Å². The molecule has 2 atom stereocenters. The number of para-hydroxylation sites is 2. The quantitative estimate of drug-likeness (QED) is 0.132. The van der Waals surface area contributed by atoms with Crippen molar-refractivity contribution in [3.05, 3.63) is 313 Å². The van der Waals surface area contributed by atoms with Crippen molar-refractivity contribution in [2.45, 2.75) is 59.3 Å². The molecule has 2 heteroatoms. The number of anilines is 3. The summed E-state index contributed by atoms with van der Waals surface area (Å²) in [4.78, 5) is 2.42. The van der Waals surface area contributed by atoms with Gasteiger partial charge in [-0.05, 0) is 197 Å². The highest BCUT2D eigenvalue weighted by atomic mass is 15.1. The van der Waals surface area contributed by atoms with Crippen LogP contribution in [0.2, 0.25) is 0 Å². The van der Waals surface area contributed by atoms with Crippen LogP contribution in [0.4, 0.5) is 17.1 Å². The Labute approximate surface area is 501 Å². The summed E-state index contributed by atoms with van der Waals surface area (Å²) < 4.78 is 2.38. The lowest BCUT2D eigenvalue weighted by atomic mass is 9.69. The number of fused-ring (bicyclic) bond motifs is 13. The summed E-state index contributed by atoms with van der Waals surface area (Å²) in [6.45, 7) is 14.3. The molecule has 0 fully saturated rings. The summed E-state index contributed by atoms with van der Waals surface area (Å²) in [6.07, 6.45) is 1.14. The molecule has 0 N–H and O–H groups in total. The first-order valence-corrected chi connectivity index (χ1v) is 30.2. The van der Waals surface area contributed by atoms with Crippen molar-refractivity contribution in [1.82, 2.24) is 4.57 Å². The average molecular weight is 1090 g/mol. The van der Waals surface area contributed by atoms with Crippen molar-refractivity contribution in [1.29, 1.82) is 0 Å². The van der Waals surface area contributed by atoms with Gasteiger partial charge in [0.25, 0.3) is 0 Å². The molecule has 1 spiro atoms. The highest BCUT2D eigenvalue weighted by Crippen LogP contribution is 2.63. The summed E-state index contributed by atoms with van der Waals surface area (Å²) in [5.74, 6) is 0.457. The monoisotopic (exact) mass is 1090 g/mol. The van der Waals surface area contributed by atoms with Crippen LogP contribution in [0.3, 0.4) is 0 Å². The van der Waals surface area contributed by atoms with Gasteiger partial charge >= 0.3 is 0 Å². The molecule has 0 amide bonds. The molecule has 12 aromatic carbocycles. The Morgan fingerprint density at radius 1 is 0.329 bits per heavy atom. The molecule has 1 aromatic heterocycles. The summed E-state index contributed by atoms with van der Waals surface area (Å²) in [6, 6.07) is 107. The van der Waals surface area contributed by atoms with Gasteiger partial charge in [0.15, 0.2) is 0 Å². The third-order valence-corrected chi connectivity index (χ3v) is 18.4. The van der Waals surface area contributed by atoms with Crippen molar-refractivity contribution in [3.8, 4) is 72.4 Å². The molecular formula is C83H68N2. The number of hydrogen-bond acceptors (Lipinski definition) is 1. The standard InChI is InChI=1S/C83H68N2/c1-81(2,3)54-78(82(4,5)6)58-37-35-56(36-38-58)62-41-46-70-68-29-13-16-32-74(68)83(76(70)52-62)75-33-17-14-30-69(75)71-47-42-63(53-77(71)83)57-39-44-65(45-40-57)84(66-27-19-23-59(49-66)55-21-9-7-10-22-55)67-28-20-24-60(50-67)61-43-48-80-73(51-61)72-31-15-18-34-79(72)85(80)64-25-11-8-12-26-64/h7-53,78H,54H2,1-6H3. The summed E-state index contributed by atoms with van der Waals surface area (Å²) in [5, 5.41) is 2.48. The first-order chi connectivity index (χ1) is 41.4. The molecule has 410 valence electrons. The Balaban J connectivity index is 0.828. The molecule has 2 aliphatic carbocycles. The zero-order chi connectivity index (χ0) is 57.6. The molecule has 2 nitrogen and oxygen atoms in total. The molecule has 2 aliphatic rings. The number of benzene rings is 12. The maximum absolute atomic E-state index is 2.52. The molecular weight excluding hydrogens is 1020 g/mol. The molecule has 2 unspecified atom stereocenters. The Morgan fingerprint density at radius 2 is 0.765 bits per heavy atom. The van der Waals surface area contributed by atoms with E-state index in [0.717, 1.165) is 34.7 Å². The van der Waals surface area contributed by atoms with Crippen molar-refractivity contribution in [3.63, 3.8) is 0 Å². The molecule has 0 radical (unpaired) electrons. The molecule has 85 heavy (non-hydrogen) atoms. The fourth-order valence-electron chi connectivity index (χ4n) is 14.5. The third kappa shape index (κ3) is 8.85. The SMILES string of the molecule is CC(C)(C)CC(c1ccc(-c2ccc3c(c2)C2(c4ccccc4-3)c3ccccc3-c3ccc(-c4ccc(N(c5cccc(-c6ccccc6)c5)c5cccc(-c6ccc7c(c6)c6ccccc6n7-c6ccccc6)c5)cc4)cc32)cc1)C(C)(C)C. The zero-order valence-electron chi connectivity index (χ0n) is 49.3.